The molecule has 122 valence electrons. The van der Waals surface area contributed by atoms with Gasteiger partial charge in [-0.1, -0.05) is 18.0 Å². The fraction of sp³-hybridized carbons (Fsp3) is 0.571. The molecule has 0 saturated carbocycles. The van der Waals surface area contributed by atoms with Crippen LogP contribution in [-0.4, -0.2) is 44.8 Å². The molecule has 0 radical (unpaired) electrons. The molecule has 2 aliphatic heterocycles. The van der Waals surface area contributed by atoms with Gasteiger partial charge in [0.2, 0.25) is 10.0 Å². The lowest BCUT2D eigenvalue weighted by Crippen LogP contribution is -2.50. The Morgan fingerprint density at radius 2 is 1.95 bits per heavy atom. The van der Waals surface area contributed by atoms with E-state index < -0.39 is 22.1 Å². The molecule has 2 fully saturated rings. The number of halogens is 2. The second-order valence-corrected chi connectivity index (χ2v) is 7.66. The number of ether oxygens (including phenoxy) is 2. The van der Waals surface area contributed by atoms with Crippen molar-refractivity contribution in [1.29, 1.82) is 0 Å². The van der Waals surface area contributed by atoms with Gasteiger partial charge in [-0.3, -0.25) is 0 Å². The van der Waals surface area contributed by atoms with E-state index in [1.807, 2.05) is 0 Å². The van der Waals surface area contributed by atoms with Gasteiger partial charge in [0.15, 0.2) is 6.29 Å². The van der Waals surface area contributed by atoms with E-state index in [4.69, 9.17) is 21.1 Å². The van der Waals surface area contributed by atoms with Crippen LogP contribution in [0.4, 0.5) is 4.39 Å². The van der Waals surface area contributed by atoms with Crippen molar-refractivity contribution in [2.24, 2.45) is 0 Å². The summed E-state index contributed by atoms with van der Waals surface area (Å²) in [6, 6.07) is 3.09. The highest BCUT2D eigenvalue weighted by Gasteiger charge is 2.40. The number of piperidine rings is 1. The summed E-state index contributed by atoms with van der Waals surface area (Å²) in [6.07, 6.45) is 1.84. The number of hydrogen-bond acceptors (Lipinski definition) is 4. The lowest BCUT2D eigenvalue weighted by Gasteiger charge is -2.36. The molecule has 0 spiro atoms. The molecule has 0 aliphatic carbocycles. The molecule has 8 heteroatoms. The Hall–Kier alpha value is -0.730. The van der Waals surface area contributed by atoms with E-state index in [1.54, 1.807) is 0 Å². The van der Waals surface area contributed by atoms with Crippen LogP contribution < -0.4 is 0 Å². The van der Waals surface area contributed by atoms with Crippen molar-refractivity contribution in [1.82, 2.24) is 4.31 Å². The van der Waals surface area contributed by atoms with E-state index in [-0.39, 0.29) is 16.0 Å². The average molecular weight is 350 g/mol. The first kappa shape index (κ1) is 16.1. The first-order valence-electron chi connectivity index (χ1n) is 7.20. The van der Waals surface area contributed by atoms with Crippen LogP contribution in [0, 0.1) is 5.82 Å². The van der Waals surface area contributed by atoms with Gasteiger partial charge in [0.25, 0.3) is 0 Å². The summed E-state index contributed by atoms with van der Waals surface area (Å²) in [5, 5.41) is -0.206. The predicted molar refractivity (Wildman–Crippen MR) is 78.6 cm³/mol. The zero-order valence-corrected chi connectivity index (χ0v) is 13.4. The van der Waals surface area contributed by atoms with Gasteiger partial charge < -0.3 is 9.47 Å². The second kappa shape index (κ2) is 6.41. The molecular weight excluding hydrogens is 333 g/mol. The first-order chi connectivity index (χ1) is 10.5. The summed E-state index contributed by atoms with van der Waals surface area (Å²) in [5.41, 5.74) is 0. The summed E-state index contributed by atoms with van der Waals surface area (Å²) >= 11 is 5.71. The third-order valence-corrected chi connectivity index (χ3v) is 6.17. The normalized spacial score (nSPS) is 24.7. The third-order valence-electron chi connectivity index (χ3n) is 3.96. The number of nitrogens with zero attached hydrogens (tertiary/aromatic N) is 1. The van der Waals surface area contributed by atoms with Gasteiger partial charge in [0, 0.05) is 6.54 Å². The standard InChI is InChI=1S/C14H17ClFNO4S/c15-11-9-10(4-5-12(11)16)22(18,19)17-6-2-1-3-13(17)14-20-7-8-21-14/h4-5,9,13-14H,1-3,6-8H2/t13-/m1/s1. The summed E-state index contributed by atoms with van der Waals surface area (Å²) in [5.74, 6) is -0.640. The monoisotopic (exact) mass is 349 g/mol. The number of sulfonamides is 1. The Balaban J connectivity index is 1.92. The smallest absolute Gasteiger partial charge is 0.243 e. The van der Waals surface area contributed by atoms with E-state index in [0.29, 0.717) is 26.2 Å². The maximum absolute atomic E-state index is 13.3. The van der Waals surface area contributed by atoms with E-state index in [2.05, 4.69) is 0 Å². The van der Waals surface area contributed by atoms with Crippen LogP contribution in [-0.2, 0) is 19.5 Å². The van der Waals surface area contributed by atoms with Crippen LogP contribution in [0.15, 0.2) is 23.1 Å². The predicted octanol–water partition coefficient (Wildman–Crippen LogP) is 2.40. The van der Waals surface area contributed by atoms with Crippen molar-refractivity contribution >= 4 is 21.6 Å². The summed E-state index contributed by atoms with van der Waals surface area (Å²) in [6.45, 7) is 1.33. The van der Waals surface area contributed by atoms with Crippen molar-refractivity contribution in [3.05, 3.63) is 29.0 Å². The van der Waals surface area contributed by atoms with E-state index >= 15 is 0 Å². The zero-order valence-electron chi connectivity index (χ0n) is 11.9. The van der Waals surface area contributed by atoms with Gasteiger partial charge in [-0.05, 0) is 31.0 Å². The molecule has 3 rings (SSSR count). The van der Waals surface area contributed by atoms with Crippen molar-refractivity contribution in [3.63, 3.8) is 0 Å². The molecule has 22 heavy (non-hydrogen) atoms. The summed E-state index contributed by atoms with van der Waals surface area (Å²) < 4.78 is 51.3. The topological polar surface area (TPSA) is 55.8 Å². The second-order valence-electron chi connectivity index (χ2n) is 5.36. The maximum Gasteiger partial charge on any atom is 0.243 e. The van der Waals surface area contributed by atoms with Crippen molar-refractivity contribution < 1.29 is 22.3 Å². The zero-order chi connectivity index (χ0) is 15.7. The van der Waals surface area contributed by atoms with Crippen LogP contribution in [0.1, 0.15) is 19.3 Å². The van der Waals surface area contributed by atoms with Gasteiger partial charge in [-0.15, -0.1) is 0 Å². The molecule has 1 aromatic rings. The number of hydrogen-bond donors (Lipinski definition) is 0. The molecular formula is C14H17ClFNO4S. The maximum atomic E-state index is 13.3. The van der Waals surface area contributed by atoms with Gasteiger partial charge in [-0.2, -0.15) is 4.31 Å². The minimum atomic E-state index is -3.77. The van der Waals surface area contributed by atoms with Crippen molar-refractivity contribution in [3.8, 4) is 0 Å². The molecule has 2 saturated heterocycles. The molecule has 2 heterocycles. The molecule has 0 amide bonds. The summed E-state index contributed by atoms with van der Waals surface area (Å²) in [7, 11) is -3.77. The molecule has 2 aliphatic rings. The number of benzene rings is 1. The first-order valence-corrected chi connectivity index (χ1v) is 9.02. The Morgan fingerprint density at radius 1 is 1.23 bits per heavy atom. The Morgan fingerprint density at radius 3 is 2.64 bits per heavy atom. The highest BCUT2D eigenvalue weighted by atomic mass is 35.5. The average Bonchev–Trinajstić information content (AvgIpc) is 3.04. The van der Waals surface area contributed by atoms with E-state index in [1.165, 1.54) is 10.4 Å². The molecule has 0 bridgehead atoms. The molecule has 5 nitrogen and oxygen atoms in total. The quantitative estimate of drug-likeness (QED) is 0.840. The molecule has 1 atom stereocenters. The molecule has 0 aromatic heterocycles. The molecule has 0 N–H and O–H groups in total. The van der Waals surface area contributed by atoms with E-state index in [0.717, 1.165) is 25.0 Å². The van der Waals surface area contributed by atoms with Crippen LogP contribution in [0.25, 0.3) is 0 Å². The van der Waals surface area contributed by atoms with Crippen molar-refractivity contribution in [2.45, 2.75) is 36.5 Å². The molecule has 1 aromatic carbocycles. The van der Waals surface area contributed by atoms with Gasteiger partial charge >= 0.3 is 0 Å². The van der Waals surface area contributed by atoms with E-state index in [9.17, 15) is 12.8 Å². The Bertz CT molecular complexity index is 648. The van der Waals surface area contributed by atoms with Gasteiger partial charge in [-0.25, -0.2) is 12.8 Å². The fourth-order valence-corrected chi connectivity index (χ4v) is 4.83. The van der Waals surface area contributed by atoms with Gasteiger partial charge in [0.05, 0.1) is 29.2 Å². The summed E-state index contributed by atoms with van der Waals surface area (Å²) in [4.78, 5) is -0.0104. The largest absolute Gasteiger partial charge is 0.349 e. The SMILES string of the molecule is O=S(=O)(c1ccc(F)c(Cl)c1)N1CCCC[C@@H]1C1OCCO1. The minimum Gasteiger partial charge on any atom is -0.349 e. The Labute approximate surface area is 134 Å². The van der Waals surface area contributed by atoms with Crippen molar-refractivity contribution in [2.75, 3.05) is 19.8 Å². The van der Waals surface area contributed by atoms with Crippen LogP contribution >= 0.6 is 11.6 Å². The van der Waals surface area contributed by atoms with Gasteiger partial charge in [0.1, 0.15) is 5.82 Å². The molecule has 0 unspecified atom stereocenters. The van der Waals surface area contributed by atoms with Crippen LogP contribution in [0.3, 0.4) is 0 Å². The minimum absolute atomic E-state index is 0.0104. The highest BCUT2D eigenvalue weighted by molar-refractivity contribution is 7.89. The Kier molecular flexibility index (Phi) is 4.70. The van der Waals surface area contributed by atoms with Crippen LogP contribution in [0.5, 0.6) is 0 Å². The van der Waals surface area contributed by atoms with Crippen LogP contribution in [0.2, 0.25) is 5.02 Å². The lowest BCUT2D eigenvalue weighted by molar-refractivity contribution is -0.0913. The highest BCUT2D eigenvalue weighted by Crippen LogP contribution is 2.31. The lowest BCUT2D eigenvalue weighted by atomic mass is 10.0. The fourth-order valence-electron chi connectivity index (χ4n) is 2.87. The number of rotatable bonds is 3. The third kappa shape index (κ3) is 3.00.